The number of carbonyl (C=O) groups excluding carboxylic acids is 2. The van der Waals surface area contributed by atoms with Gasteiger partial charge in [-0.25, -0.2) is 0 Å². The zero-order chi connectivity index (χ0) is 17.5. The summed E-state index contributed by atoms with van der Waals surface area (Å²) in [5.74, 6) is 0.540. The summed E-state index contributed by atoms with van der Waals surface area (Å²) in [4.78, 5) is 25.0. The van der Waals surface area contributed by atoms with E-state index in [4.69, 9.17) is 0 Å². The number of benzene rings is 2. The van der Waals surface area contributed by atoms with Gasteiger partial charge in [-0.3, -0.25) is 4.79 Å². The van der Waals surface area contributed by atoms with Gasteiger partial charge in [-0.05, 0) is 42.0 Å². The fraction of sp³-hybridized carbons (Fsp3) is 0.333. The van der Waals surface area contributed by atoms with Gasteiger partial charge in [-0.1, -0.05) is 68.1 Å². The Morgan fingerprint density at radius 2 is 1.46 bits per heavy atom. The van der Waals surface area contributed by atoms with Crippen molar-refractivity contribution in [3.05, 3.63) is 65.7 Å². The van der Waals surface area contributed by atoms with Crippen molar-refractivity contribution < 1.29 is 9.59 Å². The summed E-state index contributed by atoms with van der Waals surface area (Å²) < 4.78 is 0. The fourth-order valence-corrected chi connectivity index (χ4v) is 3.51. The second-order valence-electron chi connectivity index (χ2n) is 6.42. The van der Waals surface area contributed by atoms with Crippen LogP contribution in [0.5, 0.6) is 0 Å². The molecule has 1 atom stereocenters. The number of Topliss-reactive ketones (excluding diaryl/α,β-unsaturated/α-hetero) is 1. The summed E-state index contributed by atoms with van der Waals surface area (Å²) in [5, 5.41) is 0.0976. The van der Waals surface area contributed by atoms with Crippen LogP contribution in [0.15, 0.2) is 59.5 Å². The van der Waals surface area contributed by atoms with E-state index in [1.165, 1.54) is 17.3 Å². The Labute approximate surface area is 148 Å². The molecule has 0 saturated carbocycles. The van der Waals surface area contributed by atoms with Crippen LogP contribution in [0, 0.1) is 0 Å². The lowest BCUT2D eigenvalue weighted by Crippen LogP contribution is -2.09. The Bertz CT molecular complexity index is 675. The predicted molar refractivity (Wildman–Crippen MR) is 100 cm³/mol. The molecule has 0 aliphatic rings. The molecular weight excluding hydrogens is 316 g/mol. The molecule has 2 aromatic rings. The van der Waals surface area contributed by atoms with Gasteiger partial charge in [0.15, 0.2) is 5.12 Å². The SMILES string of the molecule is CC(=O)C[C@H](CC(=O)Sc1ccccc1)c1ccc(C(C)C)cc1. The number of hydrogen-bond donors (Lipinski definition) is 0. The molecule has 0 amide bonds. The third kappa shape index (κ3) is 5.64. The van der Waals surface area contributed by atoms with Crippen LogP contribution in [-0.4, -0.2) is 10.9 Å². The van der Waals surface area contributed by atoms with Gasteiger partial charge in [0.05, 0.1) is 0 Å². The van der Waals surface area contributed by atoms with Crippen LogP contribution in [0.2, 0.25) is 0 Å². The third-order valence-electron chi connectivity index (χ3n) is 4.00. The first-order valence-corrected chi connectivity index (χ1v) is 9.12. The molecule has 0 unspecified atom stereocenters. The molecule has 126 valence electrons. The number of hydrogen-bond acceptors (Lipinski definition) is 3. The van der Waals surface area contributed by atoms with Crippen molar-refractivity contribution in [1.82, 2.24) is 0 Å². The maximum Gasteiger partial charge on any atom is 0.194 e. The average Bonchev–Trinajstić information content (AvgIpc) is 2.55. The second kappa shape index (κ2) is 8.84. The molecule has 2 aromatic carbocycles. The summed E-state index contributed by atoms with van der Waals surface area (Å²) >= 11 is 1.25. The standard InChI is InChI=1S/C21H24O2S/c1-15(2)17-9-11-18(12-10-17)19(13-16(3)22)14-21(23)24-20-7-5-4-6-8-20/h4-12,15,19H,13-14H2,1-3H3/t19-/m1/s1. The summed E-state index contributed by atoms with van der Waals surface area (Å²) in [5.41, 5.74) is 2.34. The minimum Gasteiger partial charge on any atom is -0.300 e. The first-order chi connectivity index (χ1) is 11.5. The van der Waals surface area contributed by atoms with Crippen LogP contribution in [0.3, 0.4) is 0 Å². The normalized spacial score (nSPS) is 12.2. The monoisotopic (exact) mass is 340 g/mol. The smallest absolute Gasteiger partial charge is 0.194 e. The van der Waals surface area contributed by atoms with E-state index < -0.39 is 0 Å². The van der Waals surface area contributed by atoms with E-state index in [1.54, 1.807) is 6.92 Å². The van der Waals surface area contributed by atoms with Gasteiger partial charge in [0.2, 0.25) is 0 Å². The molecule has 0 aliphatic heterocycles. The number of rotatable bonds is 7. The predicted octanol–water partition coefficient (Wildman–Crippen LogP) is 5.58. The Balaban J connectivity index is 2.10. The molecule has 0 saturated heterocycles. The average molecular weight is 340 g/mol. The van der Waals surface area contributed by atoms with Gasteiger partial charge in [0.25, 0.3) is 0 Å². The molecule has 2 nitrogen and oxygen atoms in total. The molecule has 3 heteroatoms. The van der Waals surface area contributed by atoms with Crippen LogP contribution in [0.25, 0.3) is 0 Å². The zero-order valence-corrected chi connectivity index (χ0v) is 15.3. The lowest BCUT2D eigenvalue weighted by Gasteiger charge is -2.16. The Hall–Kier alpha value is -1.87. The minimum absolute atomic E-state index is 0.0487. The molecular formula is C21H24O2S. The maximum absolute atomic E-state index is 12.4. The van der Waals surface area contributed by atoms with Gasteiger partial charge in [0, 0.05) is 17.7 Å². The van der Waals surface area contributed by atoms with Gasteiger partial charge in [-0.15, -0.1) is 0 Å². The zero-order valence-electron chi connectivity index (χ0n) is 14.5. The van der Waals surface area contributed by atoms with E-state index in [-0.39, 0.29) is 16.8 Å². The van der Waals surface area contributed by atoms with Crippen molar-refractivity contribution >= 4 is 22.7 Å². The summed E-state index contributed by atoms with van der Waals surface area (Å²) in [7, 11) is 0. The van der Waals surface area contributed by atoms with Crippen LogP contribution in [-0.2, 0) is 9.59 Å². The van der Waals surface area contributed by atoms with Gasteiger partial charge in [-0.2, -0.15) is 0 Å². The second-order valence-corrected chi connectivity index (χ2v) is 7.55. The molecule has 0 aliphatic carbocycles. The van der Waals surface area contributed by atoms with E-state index in [0.717, 1.165) is 10.5 Å². The van der Waals surface area contributed by atoms with Crippen LogP contribution < -0.4 is 0 Å². The fourth-order valence-electron chi connectivity index (χ4n) is 2.67. The van der Waals surface area contributed by atoms with Crippen LogP contribution in [0.4, 0.5) is 0 Å². The summed E-state index contributed by atoms with van der Waals surface area (Å²) in [6.07, 6.45) is 0.780. The molecule has 0 fully saturated rings. The number of thioether (sulfide) groups is 1. The van der Waals surface area contributed by atoms with E-state index in [9.17, 15) is 9.59 Å². The van der Waals surface area contributed by atoms with Crippen molar-refractivity contribution in [2.75, 3.05) is 0 Å². The highest BCUT2D eigenvalue weighted by Crippen LogP contribution is 2.30. The lowest BCUT2D eigenvalue weighted by atomic mass is 9.90. The number of ketones is 1. The number of carbonyl (C=O) groups is 2. The molecule has 0 N–H and O–H groups in total. The first kappa shape index (κ1) is 18.5. The van der Waals surface area contributed by atoms with Gasteiger partial charge >= 0.3 is 0 Å². The van der Waals surface area contributed by atoms with E-state index in [0.29, 0.717) is 18.8 Å². The molecule has 0 radical (unpaired) electrons. The first-order valence-electron chi connectivity index (χ1n) is 8.30. The van der Waals surface area contributed by atoms with Crippen LogP contribution >= 0.6 is 11.8 Å². The molecule has 0 spiro atoms. The molecule has 24 heavy (non-hydrogen) atoms. The maximum atomic E-state index is 12.4. The minimum atomic E-state index is -0.0487. The highest BCUT2D eigenvalue weighted by molar-refractivity contribution is 8.13. The van der Waals surface area contributed by atoms with Crippen LogP contribution in [0.1, 0.15) is 56.6 Å². The highest BCUT2D eigenvalue weighted by Gasteiger charge is 2.19. The topological polar surface area (TPSA) is 34.1 Å². The van der Waals surface area contributed by atoms with Gasteiger partial charge in [0.1, 0.15) is 5.78 Å². The Morgan fingerprint density at radius 3 is 2.00 bits per heavy atom. The highest BCUT2D eigenvalue weighted by atomic mass is 32.2. The molecule has 0 bridgehead atoms. The van der Waals surface area contributed by atoms with Crippen molar-refractivity contribution in [2.45, 2.75) is 50.3 Å². The van der Waals surface area contributed by atoms with Crippen molar-refractivity contribution in [3.8, 4) is 0 Å². The summed E-state index contributed by atoms with van der Waals surface area (Å²) in [6, 6.07) is 18.0. The van der Waals surface area contributed by atoms with Crippen molar-refractivity contribution in [2.24, 2.45) is 0 Å². The Morgan fingerprint density at radius 1 is 0.875 bits per heavy atom. The molecule has 0 aromatic heterocycles. The van der Waals surface area contributed by atoms with Crippen molar-refractivity contribution in [3.63, 3.8) is 0 Å². The summed E-state index contributed by atoms with van der Waals surface area (Å²) in [6.45, 7) is 5.90. The van der Waals surface area contributed by atoms with E-state index in [1.807, 2.05) is 30.3 Å². The van der Waals surface area contributed by atoms with Crippen molar-refractivity contribution in [1.29, 1.82) is 0 Å². The molecule has 0 heterocycles. The largest absolute Gasteiger partial charge is 0.300 e. The van der Waals surface area contributed by atoms with E-state index >= 15 is 0 Å². The Kier molecular flexibility index (Phi) is 6.80. The van der Waals surface area contributed by atoms with Gasteiger partial charge < -0.3 is 4.79 Å². The third-order valence-corrected chi connectivity index (χ3v) is 4.90. The van der Waals surface area contributed by atoms with E-state index in [2.05, 4.69) is 38.1 Å². The lowest BCUT2D eigenvalue weighted by molar-refractivity contribution is -0.117. The molecule has 2 rings (SSSR count). The quantitative estimate of drug-likeness (QED) is 0.617.